The van der Waals surface area contributed by atoms with Gasteiger partial charge in [-0.15, -0.1) is 0 Å². The van der Waals surface area contributed by atoms with Crippen LogP contribution in [0.3, 0.4) is 0 Å². The molecule has 5 heteroatoms. The molecule has 2 heterocycles. The van der Waals surface area contributed by atoms with Gasteiger partial charge in [-0.25, -0.2) is 4.98 Å². The van der Waals surface area contributed by atoms with Crippen molar-refractivity contribution in [1.29, 1.82) is 0 Å². The summed E-state index contributed by atoms with van der Waals surface area (Å²) in [6, 6.07) is 0. The largest absolute Gasteiger partial charge is 0.326 e. The molecule has 90 valence electrons. The molecule has 5 nitrogen and oxygen atoms in total. The van der Waals surface area contributed by atoms with Crippen molar-refractivity contribution in [3.63, 3.8) is 0 Å². The van der Waals surface area contributed by atoms with Gasteiger partial charge < -0.3 is 4.98 Å². The van der Waals surface area contributed by atoms with Gasteiger partial charge in [-0.3, -0.25) is 9.48 Å². The molecule has 0 saturated carbocycles. The zero-order chi connectivity index (χ0) is 12.6. The number of aryl methyl sites for hydroxylation is 1. The average molecular weight is 232 g/mol. The fraction of sp³-hybridized carbons (Fsp3) is 0.417. The highest BCUT2D eigenvalue weighted by Crippen LogP contribution is 2.28. The van der Waals surface area contributed by atoms with Crippen molar-refractivity contribution in [3.05, 3.63) is 34.6 Å². The van der Waals surface area contributed by atoms with Gasteiger partial charge in [0.2, 0.25) is 0 Å². The lowest BCUT2D eigenvalue weighted by atomic mass is 9.89. The monoisotopic (exact) mass is 232 g/mol. The van der Waals surface area contributed by atoms with Gasteiger partial charge in [0.25, 0.3) is 5.56 Å². The summed E-state index contributed by atoms with van der Waals surface area (Å²) in [5.74, 6) is 0. The van der Waals surface area contributed by atoms with Crippen molar-refractivity contribution in [3.8, 4) is 11.3 Å². The van der Waals surface area contributed by atoms with Crippen LogP contribution in [0.1, 0.15) is 26.5 Å². The maximum atomic E-state index is 11.8. The van der Waals surface area contributed by atoms with Crippen LogP contribution in [0.15, 0.2) is 23.4 Å². The molecule has 0 radical (unpaired) electrons. The Morgan fingerprint density at radius 2 is 2.06 bits per heavy atom. The van der Waals surface area contributed by atoms with Crippen LogP contribution in [-0.2, 0) is 12.5 Å². The van der Waals surface area contributed by atoms with Crippen LogP contribution >= 0.6 is 0 Å². The normalized spacial score (nSPS) is 11.8. The highest BCUT2D eigenvalue weighted by atomic mass is 16.1. The number of nitrogens with one attached hydrogen (secondary N) is 1. The van der Waals surface area contributed by atoms with Gasteiger partial charge in [-0.05, 0) is 0 Å². The lowest BCUT2D eigenvalue weighted by molar-refractivity contribution is 0.554. The second-order valence-electron chi connectivity index (χ2n) is 5.08. The topological polar surface area (TPSA) is 63.6 Å². The summed E-state index contributed by atoms with van der Waals surface area (Å²) < 4.78 is 1.71. The average Bonchev–Trinajstić information content (AvgIpc) is 2.60. The van der Waals surface area contributed by atoms with Gasteiger partial charge in [0.1, 0.15) is 5.69 Å². The lowest BCUT2D eigenvalue weighted by Crippen LogP contribution is -2.16. The zero-order valence-electron chi connectivity index (χ0n) is 10.5. The van der Waals surface area contributed by atoms with Crippen molar-refractivity contribution in [2.45, 2.75) is 26.2 Å². The Morgan fingerprint density at radius 3 is 2.65 bits per heavy atom. The summed E-state index contributed by atoms with van der Waals surface area (Å²) in [5.41, 5.74) is 1.78. The van der Waals surface area contributed by atoms with Crippen molar-refractivity contribution in [1.82, 2.24) is 19.7 Å². The zero-order valence-corrected chi connectivity index (χ0v) is 10.5. The van der Waals surface area contributed by atoms with E-state index in [4.69, 9.17) is 0 Å². The molecule has 0 atom stereocenters. The third-order valence-electron chi connectivity index (χ3n) is 2.50. The van der Waals surface area contributed by atoms with Crippen molar-refractivity contribution in [2.75, 3.05) is 0 Å². The molecule has 0 amide bonds. The highest BCUT2D eigenvalue weighted by molar-refractivity contribution is 5.61. The number of nitrogens with zero attached hydrogens (tertiary/aromatic N) is 3. The van der Waals surface area contributed by atoms with Crippen LogP contribution < -0.4 is 5.56 Å². The number of hydrogen-bond acceptors (Lipinski definition) is 3. The molecule has 0 saturated heterocycles. The number of hydrogen-bond donors (Lipinski definition) is 1. The third kappa shape index (κ3) is 2.13. The van der Waals surface area contributed by atoms with Crippen LogP contribution in [-0.4, -0.2) is 19.7 Å². The van der Waals surface area contributed by atoms with E-state index in [1.54, 1.807) is 10.9 Å². The van der Waals surface area contributed by atoms with Gasteiger partial charge in [0, 0.05) is 36.6 Å². The standard InChI is InChI=1S/C12H16N4O/c1-12(2,3)10-8(7-16(4)15-10)9-11(17)14-6-5-13-9/h5-7H,1-4H3,(H,14,17). The van der Waals surface area contributed by atoms with Crippen molar-refractivity contribution in [2.24, 2.45) is 7.05 Å². The molecule has 0 aliphatic heterocycles. The molecule has 0 unspecified atom stereocenters. The predicted molar refractivity (Wildman–Crippen MR) is 65.8 cm³/mol. The highest BCUT2D eigenvalue weighted by Gasteiger charge is 2.24. The summed E-state index contributed by atoms with van der Waals surface area (Å²) in [4.78, 5) is 18.5. The minimum Gasteiger partial charge on any atom is -0.326 e. The molecule has 0 bridgehead atoms. The van der Waals surface area contributed by atoms with E-state index in [-0.39, 0.29) is 11.0 Å². The quantitative estimate of drug-likeness (QED) is 0.809. The Morgan fingerprint density at radius 1 is 1.35 bits per heavy atom. The molecule has 2 rings (SSSR count). The smallest absolute Gasteiger partial charge is 0.274 e. The third-order valence-corrected chi connectivity index (χ3v) is 2.50. The molecule has 0 aliphatic rings. The summed E-state index contributed by atoms with van der Waals surface area (Å²) in [7, 11) is 1.84. The second kappa shape index (κ2) is 3.84. The van der Waals surface area contributed by atoms with E-state index in [1.807, 2.05) is 13.2 Å². The Labute approximate surface area is 99.5 Å². The molecular formula is C12H16N4O. The Hall–Kier alpha value is -1.91. The Kier molecular flexibility index (Phi) is 2.61. The second-order valence-corrected chi connectivity index (χ2v) is 5.08. The maximum Gasteiger partial charge on any atom is 0.274 e. The number of aromatic amines is 1. The van der Waals surface area contributed by atoms with Crippen LogP contribution in [0.25, 0.3) is 11.3 Å². The summed E-state index contributed by atoms with van der Waals surface area (Å²) in [5, 5.41) is 4.42. The first kappa shape index (κ1) is 11.6. The SMILES string of the molecule is Cn1cc(-c2ncc[nH]c2=O)c(C(C)(C)C)n1. The van der Waals surface area contributed by atoms with E-state index < -0.39 is 0 Å². The van der Waals surface area contributed by atoms with Gasteiger partial charge in [-0.2, -0.15) is 5.10 Å². The van der Waals surface area contributed by atoms with E-state index in [1.165, 1.54) is 6.20 Å². The fourth-order valence-corrected chi connectivity index (χ4v) is 1.76. The predicted octanol–water partition coefficient (Wildman–Crippen LogP) is 1.47. The van der Waals surface area contributed by atoms with Crippen LogP contribution in [0.5, 0.6) is 0 Å². The molecule has 17 heavy (non-hydrogen) atoms. The van der Waals surface area contributed by atoms with Crippen LogP contribution in [0.4, 0.5) is 0 Å². The van der Waals surface area contributed by atoms with E-state index >= 15 is 0 Å². The van der Waals surface area contributed by atoms with Gasteiger partial charge >= 0.3 is 0 Å². The molecular weight excluding hydrogens is 216 g/mol. The van der Waals surface area contributed by atoms with Gasteiger partial charge in [0.05, 0.1) is 5.69 Å². The number of rotatable bonds is 1. The van der Waals surface area contributed by atoms with Crippen molar-refractivity contribution >= 4 is 0 Å². The van der Waals surface area contributed by atoms with E-state index in [0.29, 0.717) is 5.69 Å². The minimum atomic E-state index is -0.189. The van der Waals surface area contributed by atoms with E-state index in [9.17, 15) is 4.79 Å². The van der Waals surface area contributed by atoms with Gasteiger partial charge in [-0.1, -0.05) is 20.8 Å². The lowest BCUT2D eigenvalue weighted by Gasteiger charge is -2.16. The van der Waals surface area contributed by atoms with Gasteiger partial charge in [0.15, 0.2) is 0 Å². The molecule has 2 aromatic heterocycles. The van der Waals surface area contributed by atoms with E-state index in [0.717, 1.165) is 11.3 Å². The molecule has 0 aliphatic carbocycles. The molecule has 0 spiro atoms. The number of aromatic nitrogens is 4. The first-order valence-corrected chi connectivity index (χ1v) is 5.48. The summed E-state index contributed by atoms with van der Waals surface area (Å²) in [6.07, 6.45) is 4.94. The molecule has 0 aromatic carbocycles. The Bertz CT molecular complexity index is 589. The molecule has 0 fully saturated rings. The molecule has 1 N–H and O–H groups in total. The summed E-state index contributed by atoms with van der Waals surface area (Å²) in [6.45, 7) is 6.20. The van der Waals surface area contributed by atoms with E-state index in [2.05, 4.69) is 35.8 Å². The molecule has 2 aromatic rings. The summed E-state index contributed by atoms with van der Waals surface area (Å²) >= 11 is 0. The first-order valence-electron chi connectivity index (χ1n) is 5.48. The number of H-pyrrole nitrogens is 1. The first-order chi connectivity index (χ1) is 7.89. The Balaban J connectivity index is 2.69. The van der Waals surface area contributed by atoms with Crippen LogP contribution in [0.2, 0.25) is 0 Å². The van der Waals surface area contributed by atoms with Crippen LogP contribution in [0, 0.1) is 0 Å². The minimum absolute atomic E-state index is 0.124. The maximum absolute atomic E-state index is 11.8. The van der Waals surface area contributed by atoms with Crippen molar-refractivity contribution < 1.29 is 0 Å². The fourth-order valence-electron chi connectivity index (χ4n) is 1.76.